The Morgan fingerprint density at radius 1 is 1.19 bits per heavy atom. The van der Waals surface area contributed by atoms with E-state index in [9.17, 15) is 4.79 Å². The van der Waals surface area contributed by atoms with Gasteiger partial charge in [0, 0.05) is 29.1 Å². The van der Waals surface area contributed by atoms with Gasteiger partial charge in [-0.05, 0) is 61.2 Å². The van der Waals surface area contributed by atoms with Gasteiger partial charge in [0.05, 0.1) is 0 Å². The fourth-order valence-corrected chi connectivity index (χ4v) is 3.54. The Balaban J connectivity index is 1.60. The predicted octanol–water partition coefficient (Wildman–Crippen LogP) is 4.78. The number of fused-ring (bicyclic) bond motifs is 1. The number of benzene rings is 2. The molecule has 27 heavy (non-hydrogen) atoms. The zero-order valence-electron chi connectivity index (χ0n) is 14.9. The molecular formula is C21H19ClN4O. The molecule has 2 aromatic carbocycles. The third kappa shape index (κ3) is 3.64. The van der Waals surface area contributed by atoms with Gasteiger partial charge in [-0.2, -0.15) is 0 Å². The number of amides is 1. The van der Waals surface area contributed by atoms with Crippen LogP contribution in [0.3, 0.4) is 0 Å². The summed E-state index contributed by atoms with van der Waals surface area (Å²) in [6.45, 7) is 2.65. The van der Waals surface area contributed by atoms with Crippen molar-refractivity contribution in [2.75, 3.05) is 16.8 Å². The Kier molecular flexibility index (Phi) is 4.77. The van der Waals surface area contributed by atoms with Crippen LogP contribution < -0.4 is 10.2 Å². The number of hydrogen-bond donors (Lipinski definition) is 1. The molecule has 1 aliphatic rings. The minimum Gasteiger partial charge on any atom is -0.324 e. The Labute approximate surface area is 163 Å². The highest BCUT2D eigenvalue weighted by Crippen LogP contribution is 2.28. The van der Waals surface area contributed by atoms with Gasteiger partial charge < -0.3 is 10.2 Å². The summed E-state index contributed by atoms with van der Waals surface area (Å²) in [5.41, 5.74) is 4.37. The van der Waals surface area contributed by atoms with Crippen LogP contribution in [0.4, 0.5) is 17.3 Å². The molecule has 0 bridgehead atoms. The van der Waals surface area contributed by atoms with E-state index in [1.54, 1.807) is 23.2 Å². The quantitative estimate of drug-likeness (QED) is 0.712. The minimum atomic E-state index is -0.111. The van der Waals surface area contributed by atoms with E-state index in [1.807, 2.05) is 37.3 Å². The molecule has 5 nitrogen and oxygen atoms in total. The Hall–Kier alpha value is -2.92. The molecule has 2 heterocycles. The standard InChI is InChI=1S/C21H19ClN4O/c1-14-13-16(22)8-9-17(14)24-21-23-11-10-18(25-21)20(27)26-12-4-6-15-5-2-3-7-19(15)26/h2-3,5,7-11,13H,4,6,12H2,1H3,(H,23,24,25). The number of aromatic nitrogens is 2. The van der Waals surface area contributed by atoms with Crippen LogP contribution in [0.5, 0.6) is 0 Å². The number of anilines is 3. The third-order valence-electron chi connectivity index (χ3n) is 4.67. The summed E-state index contributed by atoms with van der Waals surface area (Å²) in [7, 11) is 0. The van der Waals surface area contributed by atoms with Crippen molar-refractivity contribution in [2.24, 2.45) is 0 Å². The monoisotopic (exact) mass is 378 g/mol. The number of carbonyl (C=O) groups excluding carboxylic acids is 1. The first-order valence-corrected chi connectivity index (χ1v) is 9.25. The second-order valence-electron chi connectivity index (χ2n) is 6.54. The van der Waals surface area contributed by atoms with Crippen molar-refractivity contribution < 1.29 is 4.79 Å². The summed E-state index contributed by atoms with van der Waals surface area (Å²) in [4.78, 5) is 23.6. The van der Waals surface area contributed by atoms with E-state index in [-0.39, 0.29) is 5.91 Å². The molecule has 0 saturated carbocycles. The van der Waals surface area contributed by atoms with Crippen LogP contribution in [0.2, 0.25) is 5.02 Å². The number of nitrogens with zero attached hydrogens (tertiary/aromatic N) is 3. The second-order valence-corrected chi connectivity index (χ2v) is 6.98. The first-order valence-electron chi connectivity index (χ1n) is 8.88. The molecule has 136 valence electrons. The summed E-state index contributed by atoms with van der Waals surface area (Å²) in [6, 6.07) is 15.2. The molecule has 6 heteroatoms. The molecular weight excluding hydrogens is 360 g/mol. The first kappa shape index (κ1) is 17.5. The maximum Gasteiger partial charge on any atom is 0.277 e. The molecule has 3 aromatic rings. The van der Waals surface area contributed by atoms with E-state index >= 15 is 0 Å². The summed E-state index contributed by atoms with van der Waals surface area (Å²) in [6.07, 6.45) is 3.54. The van der Waals surface area contributed by atoms with Crippen LogP contribution in [0.25, 0.3) is 0 Å². The first-order chi connectivity index (χ1) is 13.1. The third-order valence-corrected chi connectivity index (χ3v) is 4.90. The van der Waals surface area contributed by atoms with E-state index < -0.39 is 0 Å². The van der Waals surface area contributed by atoms with Crippen molar-refractivity contribution in [3.63, 3.8) is 0 Å². The number of para-hydroxylation sites is 1. The number of halogens is 1. The molecule has 0 spiro atoms. The van der Waals surface area contributed by atoms with Gasteiger partial charge in [0.15, 0.2) is 0 Å². The average molecular weight is 379 g/mol. The molecule has 0 aliphatic carbocycles. The van der Waals surface area contributed by atoms with Crippen LogP contribution in [0, 0.1) is 6.92 Å². The topological polar surface area (TPSA) is 58.1 Å². The Morgan fingerprint density at radius 3 is 2.89 bits per heavy atom. The van der Waals surface area contributed by atoms with Crippen molar-refractivity contribution in [1.82, 2.24) is 9.97 Å². The van der Waals surface area contributed by atoms with Crippen molar-refractivity contribution in [3.05, 3.63) is 76.6 Å². The molecule has 0 radical (unpaired) electrons. The second kappa shape index (κ2) is 7.37. The molecule has 1 N–H and O–H groups in total. The van der Waals surface area contributed by atoms with Crippen molar-refractivity contribution in [2.45, 2.75) is 19.8 Å². The Morgan fingerprint density at radius 2 is 2.04 bits per heavy atom. The lowest BCUT2D eigenvalue weighted by molar-refractivity contribution is 0.0980. The van der Waals surface area contributed by atoms with Crippen molar-refractivity contribution in [1.29, 1.82) is 0 Å². The SMILES string of the molecule is Cc1cc(Cl)ccc1Nc1nccc(C(=O)N2CCCc3ccccc32)n1. The number of rotatable bonds is 3. The van der Waals surface area contributed by atoms with Gasteiger partial charge in [-0.3, -0.25) is 4.79 Å². The lowest BCUT2D eigenvalue weighted by Gasteiger charge is -2.29. The lowest BCUT2D eigenvalue weighted by Crippen LogP contribution is -2.36. The summed E-state index contributed by atoms with van der Waals surface area (Å²) >= 11 is 6.00. The minimum absolute atomic E-state index is 0.111. The van der Waals surface area contributed by atoms with E-state index in [0.717, 1.165) is 29.8 Å². The van der Waals surface area contributed by atoms with Crippen LogP contribution in [0.15, 0.2) is 54.7 Å². The maximum atomic E-state index is 13.1. The van der Waals surface area contributed by atoms with Crippen LogP contribution in [-0.2, 0) is 6.42 Å². The average Bonchev–Trinajstić information content (AvgIpc) is 2.69. The summed E-state index contributed by atoms with van der Waals surface area (Å²) in [5.74, 6) is 0.275. The van der Waals surface area contributed by atoms with Crippen molar-refractivity contribution in [3.8, 4) is 0 Å². The van der Waals surface area contributed by atoms with E-state index in [2.05, 4.69) is 21.4 Å². The highest BCUT2D eigenvalue weighted by atomic mass is 35.5. The van der Waals surface area contributed by atoms with Gasteiger partial charge >= 0.3 is 0 Å². The van der Waals surface area contributed by atoms with E-state index in [1.165, 1.54) is 5.56 Å². The van der Waals surface area contributed by atoms with E-state index in [0.29, 0.717) is 23.2 Å². The molecule has 4 rings (SSSR count). The van der Waals surface area contributed by atoms with Gasteiger partial charge in [0.2, 0.25) is 5.95 Å². The number of hydrogen-bond acceptors (Lipinski definition) is 4. The molecule has 0 fully saturated rings. The largest absolute Gasteiger partial charge is 0.324 e. The maximum absolute atomic E-state index is 13.1. The van der Waals surface area contributed by atoms with Crippen LogP contribution >= 0.6 is 11.6 Å². The summed E-state index contributed by atoms with van der Waals surface area (Å²) in [5, 5.41) is 3.84. The number of nitrogens with one attached hydrogen (secondary N) is 1. The summed E-state index contributed by atoms with van der Waals surface area (Å²) < 4.78 is 0. The van der Waals surface area contributed by atoms with E-state index in [4.69, 9.17) is 11.6 Å². The van der Waals surface area contributed by atoms with Gasteiger partial charge in [-0.15, -0.1) is 0 Å². The fraction of sp³-hybridized carbons (Fsp3) is 0.190. The molecule has 0 atom stereocenters. The molecule has 1 aliphatic heterocycles. The van der Waals surface area contributed by atoms with Gasteiger partial charge in [-0.25, -0.2) is 9.97 Å². The van der Waals surface area contributed by atoms with Crippen LogP contribution in [-0.4, -0.2) is 22.4 Å². The smallest absolute Gasteiger partial charge is 0.277 e. The van der Waals surface area contributed by atoms with Crippen molar-refractivity contribution >= 4 is 34.8 Å². The lowest BCUT2D eigenvalue weighted by atomic mass is 10.0. The number of carbonyl (C=O) groups is 1. The van der Waals surface area contributed by atoms with Gasteiger partial charge in [0.25, 0.3) is 5.91 Å². The molecule has 1 aromatic heterocycles. The normalized spacial score (nSPS) is 13.2. The zero-order chi connectivity index (χ0) is 18.8. The fourth-order valence-electron chi connectivity index (χ4n) is 3.31. The molecule has 1 amide bonds. The van der Waals surface area contributed by atoms with Crippen LogP contribution in [0.1, 0.15) is 28.0 Å². The highest BCUT2D eigenvalue weighted by molar-refractivity contribution is 6.30. The Bertz CT molecular complexity index is 1000. The molecule has 0 saturated heterocycles. The number of aryl methyl sites for hydroxylation is 2. The van der Waals surface area contributed by atoms with Gasteiger partial charge in [-0.1, -0.05) is 29.8 Å². The highest BCUT2D eigenvalue weighted by Gasteiger charge is 2.24. The molecule has 0 unspecified atom stereocenters. The van der Waals surface area contributed by atoms with Gasteiger partial charge in [0.1, 0.15) is 5.69 Å². The predicted molar refractivity (Wildman–Crippen MR) is 108 cm³/mol. The zero-order valence-corrected chi connectivity index (χ0v) is 15.7.